The zero-order chi connectivity index (χ0) is 21.0. The topological polar surface area (TPSA) is 0 Å². The zero-order valence-corrected chi connectivity index (χ0v) is 20.0. The van der Waals surface area contributed by atoms with E-state index in [-0.39, 0.29) is 0 Å². The van der Waals surface area contributed by atoms with Gasteiger partial charge in [-0.25, -0.2) is 0 Å². The first-order valence-corrected chi connectivity index (χ1v) is 12.4. The van der Waals surface area contributed by atoms with E-state index in [1.807, 2.05) is 5.57 Å². The van der Waals surface area contributed by atoms with Crippen molar-refractivity contribution in [3.63, 3.8) is 0 Å². The Morgan fingerprint density at radius 2 is 1.86 bits per heavy atom. The highest BCUT2D eigenvalue weighted by atomic mass is 14.6. The molecule has 160 valence electrons. The monoisotopic (exact) mass is 392 g/mol. The van der Waals surface area contributed by atoms with Crippen LogP contribution >= 0.6 is 0 Å². The summed E-state index contributed by atoms with van der Waals surface area (Å²) < 4.78 is 0. The van der Waals surface area contributed by atoms with E-state index in [9.17, 15) is 0 Å². The van der Waals surface area contributed by atoms with Crippen molar-refractivity contribution in [1.82, 2.24) is 0 Å². The van der Waals surface area contributed by atoms with Crippen molar-refractivity contribution >= 4 is 0 Å². The Kier molecular flexibility index (Phi) is 5.32. The summed E-state index contributed by atoms with van der Waals surface area (Å²) in [4.78, 5) is 0. The van der Waals surface area contributed by atoms with E-state index in [1.54, 1.807) is 0 Å². The maximum absolute atomic E-state index is 4.26. The van der Waals surface area contributed by atoms with Crippen LogP contribution in [0, 0.1) is 39.9 Å². The van der Waals surface area contributed by atoms with Gasteiger partial charge in [0.25, 0.3) is 0 Å². The van der Waals surface area contributed by atoms with Gasteiger partial charge in [-0.05, 0) is 96.9 Å². The van der Waals surface area contributed by atoms with Crippen molar-refractivity contribution in [3.8, 4) is 0 Å². The van der Waals surface area contributed by atoms with Crippen molar-refractivity contribution in [2.45, 2.75) is 92.9 Å². The number of hydrogen-bond donors (Lipinski definition) is 0. The van der Waals surface area contributed by atoms with Gasteiger partial charge in [-0.3, -0.25) is 0 Å². The molecule has 2 fully saturated rings. The molecule has 29 heavy (non-hydrogen) atoms. The number of fused-ring (bicyclic) bond motifs is 3. The Morgan fingerprint density at radius 1 is 1.10 bits per heavy atom. The Hall–Kier alpha value is -1.04. The minimum Gasteiger partial charge on any atom is -0.0955 e. The van der Waals surface area contributed by atoms with E-state index in [2.05, 4.69) is 72.4 Å². The van der Waals surface area contributed by atoms with Crippen molar-refractivity contribution in [1.29, 1.82) is 0 Å². The van der Waals surface area contributed by atoms with Gasteiger partial charge in [0.1, 0.15) is 0 Å². The molecule has 0 nitrogen and oxygen atoms in total. The van der Waals surface area contributed by atoms with Crippen molar-refractivity contribution in [2.75, 3.05) is 0 Å². The molecule has 4 rings (SSSR count). The first-order valence-electron chi connectivity index (χ1n) is 12.4. The van der Waals surface area contributed by atoms with Gasteiger partial charge in [-0.2, -0.15) is 0 Å². The normalized spacial score (nSPS) is 45.7. The Bertz CT molecular complexity index is 763. The molecule has 0 amide bonds. The minimum absolute atomic E-state index is 0.357. The van der Waals surface area contributed by atoms with Crippen LogP contribution in [-0.2, 0) is 0 Å². The summed E-state index contributed by atoms with van der Waals surface area (Å²) in [5, 5.41) is 0. The minimum atomic E-state index is 0.357. The Morgan fingerprint density at radius 3 is 2.55 bits per heavy atom. The zero-order valence-electron chi connectivity index (χ0n) is 20.0. The van der Waals surface area contributed by atoms with Crippen LogP contribution in [0.5, 0.6) is 0 Å². The second kappa shape index (κ2) is 7.28. The fourth-order valence-electron chi connectivity index (χ4n) is 8.20. The molecule has 0 saturated heterocycles. The smallest absolute Gasteiger partial charge is 0.00850 e. The molecule has 0 bridgehead atoms. The summed E-state index contributed by atoms with van der Waals surface area (Å²) in [5.41, 5.74) is 5.85. The van der Waals surface area contributed by atoms with Crippen LogP contribution in [0.15, 0.2) is 47.6 Å². The van der Waals surface area contributed by atoms with Gasteiger partial charge < -0.3 is 0 Å². The van der Waals surface area contributed by atoms with E-state index in [0.717, 1.165) is 24.2 Å². The lowest BCUT2D eigenvalue weighted by molar-refractivity contribution is -0.135. The highest BCUT2D eigenvalue weighted by Crippen LogP contribution is 2.69. The molecule has 0 radical (unpaired) electrons. The van der Waals surface area contributed by atoms with Gasteiger partial charge in [0.05, 0.1) is 0 Å². The number of hydrogen-bond acceptors (Lipinski definition) is 0. The average molecular weight is 393 g/mol. The SMILES string of the molecule is C=C1C=C(C(C)C2(C)CCC3C(CCC4=CC(C)CCC43C)C2(C)CC)C=CC1. The first kappa shape index (κ1) is 21.2. The summed E-state index contributed by atoms with van der Waals surface area (Å²) in [7, 11) is 0. The van der Waals surface area contributed by atoms with Gasteiger partial charge >= 0.3 is 0 Å². The summed E-state index contributed by atoms with van der Waals surface area (Å²) in [6, 6.07) is 0. The van der Waals surface area contributed by atoms with Gasteiger partial charge in [-0.15, -0.1) is 0 Å². The number of allylic oxidation sites excluding steroid dienone is 7. The molecule has 0 spiro atoms. The van der Waals surface area contributed by atoms with E-state index in [4.69, 9.17) is 0 Å². The van der Waals surface area contributed by atoms with Crippen LogP contribution in [-0.4, -0.2) is 0 Å². The highest BCUT2D eigenvalue weighted by Gasteiger charge is 2.61. The summed E-state index contributed by atoms with van der Waals surface area (Å²) in [6.45, 7) is 19.6. The van der Waals surface area contributed by atoms with Crippen LogP contribution in [0.4, 0.5) is 0 Å². The van der Waals surface area contributed by atoms with Gasteiger partial charge in [0.2, 0.25) is 0 Å². The quantitative estimate of drug-likeness (QED) is 0.421. The van der Waals surface area contributed by atoms with E-state index in [0.29, 0.717) is 22.2 Å². The van der Waals surface area contributed by atoms with Crippen LogP contribution in [0.3, 0.4) is 0 Å². The Labute approximate surface area is 180 Å². The Balaban J connectivity index is 1.70. The predicted molar refractivity (Wildman–Crippen MR) is 127 cm³/mol. The third-order valence-corrected chi connectivity index (χ3v) is 10.7. The second-order valence-corrected chi connectivity index (χ2v) is 11.7. The lowest BCUT2D eigenvalue weighted by Gasteiger charge is -2.65. The fourth-order valence-corrected chi connectivity index (χ4v) is 8.20. The average Bonchev–Trinajstić information content (AvgIpc) is 2.70. The second-order valence-electron chi connectivity index (χ2n) is 11.7. The summed E-state index contributed by atoms with van der Waals surface area (Å²) in [5.74, 6) is 3.13. The molecule has 0 aromatic heterocycles. The van der Waals surface area contributed by atoms with E-state index in [1.165, 1.54) is 56.1 Å². The standard InChI is InChI=1S/C29H44/c1-8-28(6)26-13-12-24-19-21(3)14-16-27(24,5)25(26)15-17-29(28,7)22(4)23-11-9-10-20(2)18-23/h9,11,18-19,21-22,25-26H,2,8,10,12-17H2,1,3-7H3. The molecule has 7 unspecified atom stereocenters. The lowest BCUT2D eigenvalue weighted by Crippen LogP contribution is -2.57. The number of rotatable bonds is 3. The van der Waals surface area contributed by atoms with Gasteiger partial charge in [0.15, 0.2) is 0 Å². The molecule has 0 aliphatic heterocycles. The third-order valence-electron chi connectivity index (χ3n) is 10.7. The van der Waals surface area contributed by atoms with Crippen LogP contribution in [0.1, 0.15) is 92.9 Å². The first-order chi connectivity index (χ1) is 13.7. The molecule has 0 heterocycles. The molecule has 4 aliphatic carbocycles. The largest absolute Gasteiger partial charge is 0.0955 e. The van der Waals surface area contributed by atoms with Crippen molar-refractivity contribution in [2.24, 2.45) is 39.9 Å². The van der Waals surface area contributed by atoms with E-state index >= 15 is 0 Å². The lowest BCUT2D eigenvalue weighted by atomic mass is 9.39. The fraction of sp³-hybridized carbons (Fsp3) is 0.724. The summed E-state index contributed by atoms with van der Waals surface area (Å²) in [6.07, 6.45) is 20.5. The van der Waals surface area contributed by atoms with E-state index < -0.39 is 0 Å². The van der Waals surface area contributed by atoms with Crippen LogP contribution in [0.2, 0.25) is 0 Å². The van der Waals surface area contributed by atoms with Crippen LogP contribution < -0.4 is 0 Å². The molecule has 7 atom stereocenters. The van der Waals surface area contributed by atoms with Crippen molar-refractivity contribution in [3.05, 3.63) is 47.6 Å². The third kappa shape index (κ3) is 3.07. The maximum atomic E-state index is 4.26. The molecular formula is C29H44. The highest BCUT2D eigenvalue weighted by molar-refractivity contribution is 5.38. The predicted octanol–water partition coefficient (Wildman–Crippen LogP) is 8.67. The molecule has 0 N–H and O–H groups in total. The molecular weight excluding hydrogens is 348 g/mol. The molecule has 4 aliphatic rings. The molecule has 0 aromatic rings. The van der Waals surface area contributed by atoms with Gasteiger partial charge in [0, 0.05) is 0 Å². The van der Waals surface area contributed by atoms with Crippen LogP contribution in [0.25, 0.3) is 0 Å². The maximum Gasteiger partial charge on any atom is -0.00850 e. The summed E-state index contributed by atoms with van der Waals surface area (Å²) >= 11 is 0. The molecule has 0 aromatic carbocycles. The van der Waals surface area contributed by atoms with Gasteiger partial charge in [-0.1, -0.05) is 83.6 Å². The molecule has 0 heteroatoms. The molecule has 2 saturated carbocycles. The van der Waals surface area contributed by atoms with Crippen molar-refractivity contribution < 1.29 is 0 Å².